The van der Waals surface area contributed by atoms with Gasteiger partial charge < -0.3 is 15.1 Å². The van der Waals surface area contributed by atoms with Crippen molar-refractivity contribution in [1.29, 1.82) is 0 Å². The van der Waals surface area contributed by atoms with E-state index in [2.05, 4.69) is 27.1 Å². The Morgan fingerprint density at radius 1 is 1.23 bits per heavy atom. The standard InChI is InChI=1S/C17H22F3N5O/c1-23-8-10-24(11-9-23)13-4-2-5-14-15(13)22-12-25(14)16(26)21-7-3-6-17(18,19)20/h2,4-5,12H,3,6-11H2,1H3,(H,21,26). The molecule has 9 heteroatoms. The Morgan fingerprint density at radius 3 is 2.65 bits per heavy atom. The lowest BCUT2D eigenvalue weighted by Crippen LogP contribution is -2.44. The van der Waals surface area contributed by atoms with Crippen molar-refractivity contribution in [3.8, 4) is 0 Å². The summed E-state index contributed by atoms with van der Waals surface area (Å²) in [6, 6.07) is 5.17. The number of carbonyl (C=O) groups is 1. The Labute approximate surface area is 149 Å². The molecule has 0 radical (unpaired) electrons. The molecule has 0 aliphatic carbocycles. The van der Waals surface area contributed by atoms with Crippen LogP contribution in [0.25, 0.3) is 11.0 Å². The van der Waals surface area contributed by atoms with E-state index in [0.29, 0.717) is 5.52 Å². The van der Waals surface area contributed by atoms with Gasteiger partial charge in [-0.1, -0.05) is 6.07 Å². The minimum atomic E-state index is -4.20. The van der Waals surface area contributed by atoms with Crippen LogP contribution in [-0.4, -0.2) is 66.4 Å². The van der Waals surface area contributed by atoms with Gasteiger partial charge in [0.15, 0.2) is 0 Å². The summed E-state index contributed by atoms with van der Waals surface area (Å²) in [6.07, 6.45) is -3.84. The maximum absolute atomic E-state index is 12.3. The second kappa shape index (κ2) is 7.53. The van der Waals surface area contributed by atoms with E-state index in [4.69, 9.17) is 0 Å². The number of rotatable bonds is 4. The summed E-state index contributed by atoms with van der Waals surface area (Å²) in [6.45, 7) is 3.64. The Hall–Kier alpha value is -2.29. The molecule has 0 atom stereocenters. The molecular weight excluding hydrogens is 347 g/mol. The van der Waals surface area contributed by atoms with Crippen LogP contribution in [0.1, 0.15) is 12.8 Å². The van der Waals surface area contributed by atoms with Gasteiger partial charge in [0, 0.05) is 39.1 Å². The van der Waals surface area contributed by atoms with E-state index in [0.717, 1.165) is 37.4 Å². The number of aromatic nitrogens is 2. The highest BCUT2D eigenvalue weighted by Gasteiger charge is 2.26. The summed E-state index contributed by atoms with van der Waals surface area (Å²) in [4.78, 5) is 21.1. The first-order valence-corrected chi connectivity index (χ1v) is 8.60. The van der Waals surface area contributed by atoms with Gasteiger partial charge in [0.2, 0.25) is 0 Å². The minimum Gasteiger partial charge on any atom is -0.367 e. The average molecular weight is 369 g/mol. The van der Waals surface area contributed by atoms with Gasteiger partial charge in [0.25, 0.3) is 0 Å². The summed E-state index contributed by atoms with van der Waals surface area (Å²) in [5, 5.41) is 2.52. The molecule has 1 saturated heterocycles. The molecule has 6 nitrogen and oxygen atoms in total. The predicted octanol–water partition coefficient (Wildman–Crippen LogP) is 2.69. The fourth-order valence-electron chi connectivity index (χ4n) is 3.06. The number of hydrogen-bond donors (Lipinski definition) is 1. The Kier molecular flexibility index (Phi) is 5.36. The lowest BCUT2D eigenvalue weighted by Gasteiger charge is -2.34. The van der Waals surface area contributed by atoms with Crippen LogP contribution in [0.2, 0.25) is 0 Å². The maximum atomic E-state index is 12.3. The number of fused-ring (bicyclic) bond motifs is 1. The molecule has 2 heterocycles. The first-order valence-electron chi connectivity index (χ1n) is 8.60. The molecule has 142 valence electrons. The van der Waals surface area contributed by atoms with E-state index < -0.39 is 18.6 Å². The number of amides is 1. The third kappa shape index (κ3) is 4.27. The zero-order valence-electron chi connectivity index (χ0n) is 14.6. The highest BCUT2D eigenvalue weighted by atomic mass is 19.4. The zero-order chi connectivity index (χ0) is 18.7. The predicted molar refractivity (Wildman–Crippen MR) is 93.5 cm³/mol. The number of likely N-dealkylation sites (N-methyl/N-ethyl adjacent to an activating group) is 1. The largest absolute Gasteiger partial charge is 0.389 e. The summed E-state index contributed by atoms with van der Waals surface area (Å²) < 4.78 is 37.9. The smallest absolute Gasteiger partial charge is 0.367 e. The second-order valence-electron chi connectivity index (χ2n) is 6.50. The first-order chi connectivity index (χ1) is 12.3. The van der Waals surface area contributed by atoms with Crippen molar-refractivity contribution in [2.45, 2.75) is 19.0 Å². The van der Waals surface area contributed by atoms with Gasteiger partial charge in [-0.2, -0.15) is 13.2 Å². The SMILES string of the molecule is CN1CCN(c2cccc3c2ncn3C(=O)NCCCC(F)(F)F)CC1. The van der Waals surface area contributed by atoms with E-state index in [1.807, 2.05) is 12.1 Å². The molecule has 1 fully saturated rings. The highest BCUT2D eigenvalue weighted by Crippen LogP contribution is 2.26. The normalized spacial score (nSPS) is 16.2. The summed E-state index contributed by atoms with van der Waals surface area (Å²) >= 11 is 0. The van der Waals surface area contributed by atoms with Crippen molar-refractivity contribution in [3.05, 3.63) is 24.5 Å². The van der Waals surface area contributed by atoms with Gasteiger partial charge >= 0.3 is 12.2 Å². The molecule has 3 rings (SSSR count). The van der Waals surface area contributed by atoms with E-state index in [1.165, 1.54) is 10.9 Å². The van der Waals surface area contributed by atoms with Gasteiger partial charge in [-0.05, 0) is 25.6 Å². The summed E-state index contributed by atoms with van der Waals surface area (Å²) in [5.41, 5.74) is 2.34. The van der Waals surface area contributed by atoms with Gasteiger partial charge in [-0.15, -0.1) is 0 Å². The van der Waals surface area contributed by atoms with Crippen LogP contribution >= 0.6 is 0 Å². The van der Waals surface area contributed by atoms with Crippen molar-refractivity contribution in [1.82, 2.24) is 19.8 Å². The van der Waals surface area contributed by atoms with Crippen LogP contribution in [-0.2, 0) is 0 Å². The molecule has 26 heavy (non-hydrogen) atoms. The lowest BCUT2D eigenvalue weighted by molar-refractivity contribution is -0.135. The fraction of sp³-hybridized carbons (Fsp3) is 0.529. The minimum absolute atomic E-state index is 0.0316. The number of para-hydroxylation sites is 1. The number of piperazine rings is 1. The fourth-order valence-corrected chi connectivity index (χ4v) is 3.06. The highest BCUT2D eigenvalue weighted by molar-refractivity contribution is 5.95. The molecule has 0 spiro atoms. The van der Waals surface area contributed by atoms with Crippen LogP contribution in [0.5, 0.6) is 0 Å². The third-order valence-electron chi connectivity index (χ3n) is 4.53. The number of halogens is 3. The number of anilines is 1. The van der Waals surface area contributed by atoms with Gasteiger partial charge in [0.05, 0.1) is 11.2 Å². The monoisotopic (exact) mass is 369 g/mol. The number of nitrogens with one attached hydrogen (secondary N) is 1. The van der Waals surface area contributed by atoms with Crippen LogP contribution in [0.4, 0.5) is 23.7 Å². The van der Waals surface area contributed by atoms with Crippen LogP contribution in [0.3, 0.4) is 0 Å². The molecule has 0 unspecified atom stereocenters. The third-order valence-corrected chi connectivity index (χ3v) is 4.53. The molecule has 1 amide bonds. The van der Waals surface area contributed by atoms with Crippen molar-refractivity contribution >= 4 is 22.8 Å². The van der Waals surface area contributed by atoms with E-state index in [1.54, 1.807) is 6.07 Å². The van der Waals surface area contributed by atoms with Gasteiger partial charge in [-0.25, -0.2) is 9.78 Å². The number of alkyl halides is 3. The van der Waals surface area contributed by atoms with Gasteiger partial charge in [0.1, 0.15) is 11.8 Å². The number of carbonyl (C=O) groups excluding carboxylic acids is 1. The summed E-state index contributed by atoms with van der Waals surface area (Å²) in [5.74, 6) is 0. The van der Waals surface area contributed by atoms with Crippen molar-refractivity contribution in [2.75, 3.05) is 44.7 Å². The first kappa shape index (κ1) is 18.5. The van der Waals surface area contributed by atoms with E-state index in [-0.39, 0.29) is 13.0 Å². The van der Waals surface area contributed by atoms with Crippen LogP contribution in [0, 0.1) is 0 Å². The number of benzene rings is 1. The Morgan fingerprint density at radius 2 is 1.96 bits per heavy atom. The molecule has 0 saturated carbocycles. The van der Waals surface area contributed by atoms with Crippen molar-refractivity contribution < 1.29 is 18.0 Å². The van der Waals surface area contributed by atoms with E-state index in [9.17, 15) is 18.0 Å². The quantitative estimate of drug-likeness (QED) is 0.842. The summed E-state index contributed by atoms with van der Waals surface area (Å²) in [7, 11) is 2.08. The van der Waals surface area contributed by atoms with Crippen molar-refractivity contribution in [2.24, 2.45) is 0 Å². The topological polar surface area (TPSA) is 53.4 Å². The molecule has 1 aliphatic heterocycles. The zero-order valence-corrected chi connectivity index (χ0v) is 14.6. The molecule has 1 aromatic heterocycles. The lowest BCUT2D eigenvalue weighted by atomic mass is 10.2. The molecule has 1 aromatic carbocycles. The van der Waals surface area contributed by atoms with Crippen molar-refractivity contribution in [3.63, 3.8) is 0 Å². The number of imidazole rings is 1. The van der Waals surface area contributed by atoms with Gasteiger partial charge in [-0.3, -0.25) is 4.57 Å². The molecule has 2 aromatic rings. The van der Waals surface area contributed by atoms with Crippen LogP contribution in [0.15, 0.2) is 24.5 Å². The second-order valence-corrected chi connectivity index (χ2v) is 6.50. The number of hydrogen-bond acceptors (Lipinski definition) is 4. The number of nitrogens with zero attached hydrogens (tertiary/aromatic N) is 4. The molecule has 1 N–H and O–H groups in total. The Balaban J connectivity index is 1.70. The average Bonchev–Trinajstić information content (AvgIpc) is 3.03. The van der Waals surface area contributed by atoms with E-state index >= 15 is 0 Å². The molecule has 0 bridgehead atoms. The molecular formula is C17H22F3N5O. The van der Waals surface area contributed by atoms with Crippen LogP contribution < -0.4 is 10.2 Å². The molecule has 1 aliphatic rings. The Bertz CT molecular complexity index is 765. The maximum Gasteiger partial charge on any atom is 0.389 e.